The second kappa shape index (κ2) is 14.3. The first-order valence-corrected chi connectivity index (χ1v) is 17.5. The van der Waals surface area contributed by atoms with E-state index in [1.165, 1.54) is 0 Å². The summed E-state index contributed by atoms with van der Waals surface area (Å²) >= 11 is 0. The Morgan fingerprint density at radius 1 is 0.362 bits per heavy atom. The van der Waals surface area contributed by atoms with Gasteiger partial charge in [-0.05, 0) is 59.7 Å². The molecule has 8 aromatic rings. The summed E-state index contributed by atoms with van der Waals surface area (Å²) in [6, 6.07) is 14.7. The molecule has 0 fully saturated rings. The fraction of sp³-hybridized carbons (Fsp3) is 0.111. The number of ether oxygens (including phenoxy) is 2. The Kier molecular flexibility index (Phi) is 8.95. The van der Waals surface area contributed by atoms with E-state index in [4.69, 9.17) is 55.3 Å². The summed E-state index contributed by atoms with van der Waals surface area (Å²) in [7, 11) is 0. The minimum absolute atomic E-state index is 0.0512. The first-order valence-electron chi connectivity index (χ1n) is 17.5. The van der Waals surface area contributed by atoms with E-state index in [0.29, 0.717) is 66.4 Å². The number of rotatable bonds is 9. The minimum atomic E-state index is -0.0795. The molecule has 0 radical (unpaired) electrons. The standard InChI is InChI=1S/C36H34N20O2/c1-3-57-21-11-19(27-49-33(41)55-34(42)50-27)17-9-13(25-45-29(37)53-30(38)46-25)5-7-15(17)23(21)24-16-8-6-14(26-47-31(39)54-32(40)48-26)10-18(16)20(12-22(24)58-4-2)28-51-35(43)56-36(44)52-28/h5-12H,3-4H2,1-2H3,(H4,37,38,45,46,53)(H4,39,40,47,48,54)(H4,41,42,49,50,55)(H4,43,44,51,52,56). The Morgan fingerprint density at radius 2 is 0.655 bits per heavy atom. The van der Waals surface area contributed by atoms with Crippen molar-refractivity contribution in [1.82, 2.24) is 59.8 Å². The van der Waals surface area contributed by atoms with Crippen LogP contribution in [0.4, 0.5) is 47.6 Å². The van der Waals surface area contributed by atoms with E-state index in [9.17, 15) is 0 Å². The lowest BCUT2D eigenvalue weighted by atomic mass is 9.87. The van der Waals surface area contributed by atoms with E-state index in [1.54, 1.807) is 12.1 Å². The van der Waals surface area contributed by atoms with Gasteiger partial charge in [-0.3, -0.25) is 0 Å². The molecule has 16 N–H and O–H groups in total. The molecule has 22 nitrogen and oxygen atoms in total. The van der Waals surface area contributed by atoms with Crippen LogP contribution < -0.4 is 55.3 Å². The largest absolute Gasteiger partial charge is 0.493 e. The molecule has 58 heavy (non-hydrogen) atoms. The third-order valence-corrected chi connectivity index (χ3v) is 8.73. The number of fused-ring (bicyclic) bond motifs is 2. The number of hydrogen-bond acceptors (Lipinski definition) is 22. The van der Waals surface area contributed by atoms with Gasteiger partial charge in [-0.25, -0.2) is 0 Å². The van der Waals surface area contributed by atoms with E-state index in [2.05, 4.69) is 59.8 Å². The minimum Gasteiger partial charge on any atom is -0.493 e. The van der Waals surface area contributed by atoms with Crippen molar-refractivity contribution in [3.63, 3.8) is 0 Å². The van der Waals surface area contributed by atoms with Gasteiger partial charge in [0, 0.05) is 33.4 Å². The van der Waals surface area contributed by atoms with Crippen molar-refractivity contribution in [2.24, 2.45) is 0 Å². The second-order valence-electron chi connectivity index (χ2n) is 12.5. The zero-order valence-electron chi connectivity index (χ0n) is 30.8. The summed E-state index contributed by atoms with van der Waals surface area (Å²) < 4.78 is 12.9. The van der Waals surface area contributed by atoms with Crippen LogP contribution in [0.3, 0.4) is 0 Å². The monoisotopic (exact) mass is 778 g/mol. The highest BCUT2D eigenvalue weighted by molar-refractivity contribution is 6.16. The van der Waals surface area contributed by atoms with Crippen molar-refractivity contribution < 1.29 is 9.47 Å². The number of nitrogens with two attached hydrogens (primary N) is 8. The molecule has 0 saturated heterocycles. The molecule has 4 heterocycles. The van der Waals surface area contributed by atoms with Crippen LogP contribution in [-0.2, 0) is 0 Å². The fourth-order valence-electron chi connectivity index (χ4n) is 6.64. The van der Waals surface area contributed by atoms with Gasteiger partial charge >= 0.3 is 0 Å². The molecule has 22 heteroatoms. The molecular formula is C36H34N20O2. The molecule has 0 spiro atoms. The lowest BCUT2D eigenvalue weighted by Gasteiger charge is -2.22. The topological polar surface area (TPSA) is 381 Å². The number of benzene rings is 4. The summed E-state index contributed by atoms with van der Waals surface area (Å²) in [5.74, 6) is 1.19. The zero-order chi connectivity index (χ0) is 40.8. The smallest absolute Gasteiger partial charge is 0.225 e. The Labute approximate surface area is 327 Å². The third-order valence-electron chi connectivity index (χ3n) is 8.73. The van der Waals surface area contributed by atoms with Crippen molar-refractivity contribution in [2.75, 3.05) is 59.1 Å². The molecule has 0 unspecified atom stereocenters. The maximum absolute atomic E-state index is 6.44. The summed E-state index contributed by atoms with van der Waals surface area (Å²) in [5.41, 5.74) is 51.6. The molecule has 4 aromatic heterocycles. The quantitative estimate of drug-likeness (QED) is 0.104. The van der Waals surface area contributed by atoms with E-state index in [-0.39, 0.29) is 84.1 Å². The predicted octanol–water partition coefficient (Wildman–Crippen LogP) is 2.52. The van der Waals surface area contributed by atoms with E-state index >= 15 is 0 Å². The van der Waals surface area contributed by atoms with Crippen LogP contribution in [0.5, 0.6) is 11.5 Å². The summed E-state index contributed by atoms with van der Waals surface area (Å²) in [4.78, 5) is 50.8. The first kappa shape index (κ1) is 36.4. The SMILES string of the molecule is CCOc1cc(-c2nc(N)nc(N)n2)c2cc(-c3nc(N)nc(N)n3)ccc2c1-c1c(OCC)cc(-c2nc(N)nc(N)n2)c2cc(-c3nc(N)nc(N)n3)ccc12. The van der Waals surface area contributed by atoms with Gasteiger partial charge in [-0.2, -0.15) is 59.8 Å². The van der Waals surface area contributed by atoms with Gasteiger partial charge in [0.05, 0.1) is 13.2 Å². The maximum atomic E-state index is 6.44. The van der Waals surface area contributed by atoms with Gasteiger partial charge in [0.25, 0.3) is 0 Å². The van der Waals surface area contributed by atoms with Crippen LogP contribution in [-0.4, -0.2) is 73.0 Å². The van der Waals surface area contributed by atoms with Crippen LogP contribution in [0.1, 0.15) is 13.8 Å². The van der Waals surface area contributed by atoms with Crippen LogP contribution in [0, 0.1) is 0 Å². The lowest BCUT2D eigenvalue weighted by molar-refractivity contribution is 0.337. The average molecular weight is 779 g/mol. The molecule has 0 bridgehead atoms. The van der Waals surface area contributed by atoms with Gasteiger partial charge in [0.15, 0.2) is 23.3 Å². The molecular weight excluding hydrogens is 745 g/mol. The van der Waals surface area contributed by atoms with Crippen molar-refractivity contribution in [3.05, 3.63) is 48.5 Å². The number of nitrogens with zero attached hydrogens (tertiary/aromatic N) is 12. The van der Waals surface area contributed by atoms with Crippen molar-refractivity contribution >= 4 is 69.1 Å². The molecule has 0 aliphatic rings. The van der Waals surface area contributed by atoms with Crippen LogP contribution >= 0.6 is 0 Å². The van der Waals surface area contributed by atoms with Crippen molar-refractivity contribution in [1.29, 1.82) is 0 Å². The molecule has 4 aromatic carbocycles. The Bertz CT molecular complexity index is 2660. The average Bonchev–Trinajstić information content (AvgIpc) is 3.16. The van der Waals surface area contributed by atoms with Gasteiger partial charge < -0.3 is 55.3 Å². The highest BCUT2D eigenvalue weighted by Gasteiger charge is 2.26. The fourth-order valence-corrected chi connectivity index (χ4v) is 6.64. The van der Waals surface area contributed by atoms with E-state index in [1.807, 2.05) is 50.2 Å². The summed E-state index contributed by atoms with van der Waals surface area (Å²) in [5, 5.41) is 2.57. The zero-order valence-corrected chi connectivity index (χ0v) is 30.8. The summed E-state index contributed by atoms with van der Waals surface area (Å²) in [6.45, 7) is 4.28. The second-order valence-corrected chi connectivity index (χ2v) is 12.5. The summed E-state index contributed by atoms with van der Waals surface area (Å²) in [6.07, 6.45) is 0. The highest BCUT2D eigenvalue weighted by Crippen LogP contribution is 2.50. The van der Waals surface area contributed by atoms with Gasteiger partial charge in [0.1, 0.15) is 11.5 Å². The first-order chi connectivity index (χ1) is 27.9. The van der Waals surface area contributed by atoms with Gasteiger partial charge in [-0.15, -0.1) is 0 Å². The Morgan fingerprint density at radius 3 is 0.948 bits per heavy atom. The van der Waals surface area contributed by atoms with E-state index < -0.39 is 0 Å². The van der Waals surface area contributed by atoms with Crippen LogP contribution in [0.15, 0.2) is 48.5 Å². The molecule has 0 aliphatic carbocycles. The van der Waals surface area contributed by atoms with Crippen molar-refractivity contribution in [2.45, 2.75) is 13.8 Å². The molecule has 290 valence electrons. The van der Waals surface area contributed by atoms with Crippen LogP contribution in [0.2, 0.25) is 0 Å². The Hall–Kier alpha value is -8.56. The molecule has 0 amide bonds. The molecule has 8 rings (SSSR count). The van der Waals surface area contributed by atoms with Crippen LogP contribution in [0.25, 0.3) is 78.2 Å². The lowest BCUT2D eigenvalue weighted by Crippen LogP contribution is -2.07. The number of hydrogen-bond donors (Lipinski definition) is 8. The normalized spacial score (nSPS) is 11.3. The molecule has 0 saturated carbocycles. The van der Waals surface area contributed by atoms with Gasteiger partial charge in [0.2, 0.25) is 47.6 Å². The number of anilines is 8. The molecule has 0 atom stereocenters. The van der Waals surface area contributed by atoms with Gasteiger partial charge in [-0.1, -0.05) is 24.3 Å². The van der Waals surface area contributed by atoms with Crippen molar-refractivity contribution in [3.8, 4) is 68.2 Å². The van der Waals surface area contributed by atoms with E-state index in [0.717, 1.165) is 0 Å². The predicted molar refractivity (Wildman–Crippen MR) is 220 cm³/mol. The third kappa shape index (κ3) is 6.71. The molecule has 0 aliphatic heterocycles. The number of nitrogen functional groups attached to an aromatic ring is 8. The maximum Gasteiger partial charge on any atom is 0.225 e. The Balaban J connectivity index is 1.52. The number of aromatic nitrogens is 12. The highest BCUT2D eigenvalue weighted by atomic mass is 16.5.